The third kappa shape index (κ3) is 7.17. The lowest BCUT2D eigenvalue weighted by Crippen LogP contribution is -2.28. The van der Waals surface area contributed by atoms with Gasteiger partial charge in [-0.2, -0.15) is 0 Å². The molecule has 0 bridgehead atoms. The number of pyridine rings is 1. The zero-order valence-corrected chi connectivity index (χ0v) is 21.6. The molecule has 0 atom stereocenters. The van der Waals surface area contributed by atoms with E-state index in [0.717, 1.165) is 23.5 Å². The first-order chi connectivity index (χ1) is 18.5. The van der Waals surface area contributed by atoms with Crippen LogP contribution in [0.2, 0.25) is 0 Å². The summed E-state index contributed by atoms with van der Waals surface area (Å²) in [5.41, 5.74) is 2.70. The van der Waals surface area contributed by atoms with E-state index in [9.17, 15) is 4.79 Å². The van der Waals surface area contributed by atoms with Crippen LogP contribution in [0.1, 0.15) is 5.56 Å². The SMILES string of the molecule is COc1ccc(N(C(=O)OCc2cccnc2)c2ccncn2)c(Nc2ccc(OCCN(C)C)cc2)c1. The average Bonchev–Trinajstić information content (AvgIpc) is 2.94. The number of rotatable bonds is 11. The summed E-state index contributed by atoms with van der Waals surface area (Å²) in [6.07, 6.45) is 5.65. The van der Waals surface area contributed by atoms with Gasteiger partial charge in [0.1, 0.15) is 36.9 Å². The number of amides is 1. The van der Waals surface area contributed by atoms with Gasteiger partial charge in [0, 0.05) is 42.5 Å². The zero-order valence-electron chi connectivity index (χ0n) is 21.6. The highest BCUT2D eigenvalue weighted by molar-refractivity contribution is 5.99. The van der Waals surface area contributed by atoms with Gasteiger partial charge in [-0.3, -0.25) is 4.98 Å². The van der Waals surface area contributed by atoms with E-state index in [1.165, 1.54) is 11.2 Å². The maximum Gasteiger partial charge on any atom is 0.420 e. The molecular formula is C28H30N6O4. The van der Waals surface area contributed by atoms with Crippen molar-refractivity contribution in [2.75, 3.05) is 44.6 Å². The highest BCUT2D eigenvalue weighted by Crippen LogP contribution is 2.36. The Bertz CT molecular complexity index is 1300. The van der Waals surface area contributed by atoms with Crippen LogP contribution in [-0.4, -0.2) is 60.3 Å². The number of carbonyl (C=O) groups excluding carboxylic acids is 1. The molecule has 0 radical (unpaired) electrons. The van der Waals surface area contributed by atoms with Crippen molar-refractivity contribution in [1.29, 1.82) is 0 Å². The predicted octanol–water partition coefficient (Wildman–Crippen LogP) is 5.04. The second-order valence-electron chi connectivity index (χ2n) is 8.50. The number of likely N-dealkylation sites (N-methyl/N-ethyl adjacent to an activating group) is 1. The van der Waals surface area contributed by atoms with Crippen LogP contribution in [0.25, 0.3) is 0 Å². The van der Waals surface area contributed by atoms with Gasteiger partial charge in [-0.05, 0) is 62.6 Å². The van der Waals surface area contributed by atoms with Crippen LogP contribution in [0.4, 0.5) is 27.7 Å². The molecule has 0 spiro atoms. The first-order valence-electron chi connectivity index (χ1n) is 12.0. The monoisotopic (exact) mass is 514 g/mol. The minimum absolute atomic E-state index is 0.0580. The van der Waals surface area contributed by atoms with E-state index in [4.69, 9.17) is 14.2 Å². The standard InChI is InChI=1S/C28H30N6O4/c1-33(2)15-16-37-23-8-6-22(7-9-23)32-25-17-24(36-3)10-11-26(25)34(27-12-14-30-20-31-27)28(35)38-19-21-5-4-13-29-18-21/h4-14,17-18,20,32H,15-16,19H2,1-3H3. The average molecular weight is 515 g/mol. The topological polar surface area (TPSA) is 102 Å². The molecule has 0 saturated carbocycles. The number of hydrogen-bond acceptors (Lipinski definition) is 9. The molecule has 4 rings (SSSR count). The summed E-state index contributed by atoms with van der Waals surface area (Å²) in [4.78, 5) is 29.2. The number of ether oxygens (including phenoxy) is 3. The van der Waals surface area contributed by atoms with Crippen molar-refractivity contribution in [3.05, 3.63) is 91.1 Å². The van der Waals surface area contributed by atoms with Gasteiger partial charge in [0.25, 0.3) is 0 Å². The fraction of sp³-hybridized carbons (Fsp3) is 0.214. The molecular weight excluding hydrogens is 484 g/mol. The van der Waals surface area contributed by atoms with Gasteiger partial charge in [-0.15, -0.1) is 0 Å². The molecule has 2 aromatic carbocycles. The minimum Gasteiger partial charge on any atom is -0.497 e. The lowest BCUT2D eigenvalue weighted by atomic mass is 10.2. The Morgan fingerprint density at radius 1 is 0.974 bits per heavy atom. The van der Waals surface area contributed by atoms with Crippen molar-refractivity contribution >= 4 is 29.0 Å². The number of aromatic nitrogens is 3. The van der Waals surface area contributed by atoms with Gasteiger partial charge in [0.15, 0.2) is 0 Å². The number of hydrogen-bond donors (Lipinski definition) is 1. The fourth-order valence-electron chi connectivity index (χ4n) is 3.50. The number of nitrogens with one attached hydrogen (secondary N) is 1. The predicted molar refractivity (Wildman–Crippen MR) is 145 cm³/mol. The summed E-state index contributed by atoms with van der Waals surface area (Å²) in [5.74, 6) is 1.74. The van der Waals surface area contributed by atoms with E-state index in [1.54, 1.807) is 56.0 Å². The minimum atomic E-state index is -0.606. The van der Waals surface area contributed by atoms with E-state index in [0.29, 0.717) is 29.5 Å². The second-order valence-corrected chi connectivity index (χ2v) is 8.50. The third-order valence-electron chi connectivity index (χ3n) is 5.45. The lowest BCUT2D eigenvalue weighted by Gasteiger charge is -2.24. The number of methoxy groups -OCH3 is 1. The van der Waals surface area contributed by atoms with Crippen molar-refractivity contribution in [3.63, 3.8) is 0 Å². The lowest BCUT2D eigenvalue weighted by molar-refractivity contribution is 0.149. The molecule has 1 amide bonds. The van der Waals surface area contributed by atoms with Crippen LogP contribution in [0.5, 0.6) is 11.5 Å². The number of anilines is 4. The Labute approximate surface area is 221 Å². The first-order valence-corrected chi connectivity index (χ1v) is 12.0. The van der Waals surface area contributed by atoms with Gasteiger partial charge < -0.3 is 24.4 Å². The maximum atomic E-state index is 13.4. The number of benzene rings is 2. The van der Waals surface area contributed by atoms with E-state index in [-0.39, 0.29) is 6.61 Å². The molecule has 196 valence electrons. The Kier molecular flexibility index (Phi) is 9.03. The molecule has 0 aliphatic rings. The molecule has 2 aromatic heterocycles. The largest absolute Gasteiger partial charge is 0.497 e. The van der Waals surface area contributed by atoms with E-state index >= 15 is 0 Å². The van der Waals surface area contributed by atoms with Crippen LogP contribution >= 0.6 is 0 Å². The Morgan fingerprint density at radius 2 is 1.79 bits per heavy atom. The highest BCUT2D eigenvalue weighted by atomic mass is 16.6. The number of nitrogens with zero attached hydrogens (tertiary/aromatic N) is 5. The van der Waals surface area contributed by atoms with Gasteiger partial charge in [-0.1, -0.05) is 6.07 Å². The smallest absolute Gasteiger partial charge is 0.420 e. The molecule has 10 heteroatoms. The molecule has 1 N–H and O–H groups in total. The summed E-state index contributed by atoms with van der Waals surface area (Å²) in [7, 11) is 5.59. The van der Waals surface area contributed by atoms with Crippen LogP contribution in [0.15, 0.2) is 85.6 Å². The molecule has 0 unspecified atom stereocenters. The van der Waals surface area contributed by atoms with Gasteiger partial charge >= 0.3 is 6.09 Å². The zero-order chi connectivity index (χ0) is 26.7. The molecule has 0 aliphatic carbocycles. The van der Waals surface area contributed by atoms with Gasteiger partial charge in [0.05, 0.1) is 18.5 Å². The summed E-state index contributed by atoms with van der Waals surface area (Å²) in [6.45, 7) is 1.47. The van der Waals surface area contributed by atoms with E-state index in [1.807, 2.05) is 44.4 Å². The molecule has 2 heterocycles. The summed E-state index contributed by atoms with van der Waals surface area (Å²) < 4.78 is 16.9. The van der Waals surface area contributed by atoms with Crippen molar-refractivity contribution < 1.29 is 19.0 Å². The van der Waals surface area contributed by atoms with Crippen LogP contribution < -0.4 is 19.7 Å². The highest BCUT2D eigenvalue weighted by Gasteiger charge is 2.24. The molecule has 10 nitrogen and oxygen atoms in total. The van der Waals surface area contributed by atoms with Crippen LogP contribution in [0, 0.1) is 0 Å². The van der Waals surface area contributed by atoms with Crippen molar-refractivity contribution in [2.45, 2.75) is 6.61 Å². The normalized spacial score (nSPS) is 10.6. The second kappa shape index (κ2) is 13.0. The summed E-state index contributed by atoms with van der Waals surface area (Å²) in [5, 5.41) is 3.38. The Hall–Kier alpha value is -4.70. The fourth-order valence-corrected chi connectivity index (χ4v) is 3.50. The van der Waals surface area contributed by atoms with Crippen LogP contribution in [0.3, 0.4) is 0 Å². The Morgan fingerprint density at radius 3 is 2.47 bits per heavy atom. The Balaban J connectivity index is 1.61. The third-order valence-corrected chi connectivity index (χ3v) is 5.45. The van der Waals surface area contributed by atoms with E-state index < -0.39 is 6.09 Å². The molecule has 0 saturated heterocycles. The van der Waals surface area contributed by atoms with Crippen molar-refractivity contribution in [1.82, 2.24) is 19.9 Å². The quantitative estimate of drug-likeness (QED) is 0.295. The first kappa shape index (κ1) is 26.4. The molecule has 0 aliphatic heterocycles. The maximum absolute atomic E-state index is 13.4. The van der Waals surface area contributed by atoms with Crippen LogP contribution in [-0.2, 0) is 11.3 Å². The van der Waals surface area contributed by atoms with Gasteiger partial charge in [-0.25, -0.2) is 19.7 Å². The molecule has 4 aromatic rings. The van der Waals surface area contributed by atoms with E-state index in [2.05, 4.69) is 25.2 Å². The van der Waals surface area contributed by atoms with Crippen molar-refractivity contribution in [2.24, 2.45) is 0 Å². The summed E-state index contributed by atoms with van der Waals surface area (Å²) in [6, 6.07) is 18.2. The van der Waals surface area contributed by atoms with Crippen molar-refractivity contribution in [3.8, 4) is 11.5 Å². The molecule has 0 fully saturated rings. The number of carbonyl (C=O) groups is 1. The summed E-state index contributed by atoms with van der Waals surface area (Å²) >= 11 is 0. The van der Waals surface area contributed by atoms with Gasteiger partial charge in [0.2, 0.25) is 0 Å². The molecule has 38 heavy (non-hydrogen) atoms.